The largest absolute Gasteiger partial charge is 0.326 e. The standard InChI is InChI=1S/C22H17BrClN5O2S/c1-12-7-13(23)5-6-18(12)26-19(30)9-16-11-32-22-27-20-17(21(31)28(16)22)10-25-29(20)15-4-2-3-14(24)8-15/h2-8,10,16H,9,11H2,1H3,(H,26,30). The minimum absolute atomic E-state index is 0.143. The summed E-state index contributed by atoms with van der Waals surface area (Å²) in [5.41, 5.74) is 2.73. The van der Waals surface area contributed by atoms with Crippen LogP contribution in [0.5, 0.6) is 0 Å². The number of rotatable bonds is 4. The molecule has 2 aromatic carbocycles. The van der Waals surface area contributed by atoms with Gasteiger partial charge in [-0.2, -0.15) is 5.10 Å². The SMILES string of the molecule is Cc1cc(Br)ccc1NC(=O)CC1CSc2nc3c(cnn3-c3cccc(Cl)c3)c(=O)n21. The van der Waals surface area contributed by atoms with E-state index in [2.05, 4.69) is 26.3 Å². The number of carbonyl (C=O) groups is 1. The summed E-state index contributed by atoms with van der Waals surface area (Å²) in [5.74, 6) is 0.460. The highest BCUT2D eigenvalue weighted by molar-refractivity contribution is 9.10. The van der Waals surface area contributed by atoms with Gasteiger partial charge in [0.2, 0.25) is 5.91 Å². The third-order valence-corrected chi connectivity index (χ3v) is 7.13. The molecule has 162 valence electrons. The van der Waals surface area contributed by atoms with Crippen LogP contribution in [-0.2, 0) is 4.79 Å². The van der Waals surface area contributed by atoms with E-state index in [4.69, 9.17) is 16.6 Å². The van der Waals surface area contributed by atoms with Crippen molar-refractivity contribution in [2.45, 2.75) is 24.5 Å². The highest BCUT2D eigenvalue weighted by atomic mass is 79.9. The molecule has 1 aliphatic rings. The lowest BCUT2D eigenvalue weighted by atomic mass is 10.1. The number of aromatic nitrogens is 4. The van der Waals surface area contributed by atoms with Crippen molar-refractivity contribution in [1.29, 1.82) is 0 Å². The fourth-order valence-corrected chi connectivity index (χ4v) is 5.55. The third kappa shape index (κ3) is 3.85. The zero-order valence-electron chi connectivity index (χ0n) is 16.9. The summed E-state index contributed by atoms with van der Waals surface area (Å²) in [6.45, 7) is 1.93. The molecule has 0 fully saturated rings. The molecule has 4 aromatic rings. The van der Waals surface area contributed by atoms with Crippen molar-refractivity contribution in [2.75, 3.05) is 11.1 Å². The lowest BCUT2D eigenvalue weighted by Gasteiger charge is -2.14. The number of hydrogen-bond donors (Lipinski definition) is 1. The lowest BCUT2D eigenvalue weighted by molar-refractivity contribution is -0.116. The molecule has 0 saturated carbocycles. The molecule has 2 aromatic heterocycles. The Labute approximate surface area is 200 Å². The summed E-state index contributed by atoms with van der Waals surface area (Å²) in [6, 6.07) is 12.6. The first-order valence-electron chi connectivity index (χ1n) is 9.86. The van der Waals surface area contributed by atoms with E-state index >= 15 is 0 Å². The zero-order valence-corrected chi connectivity index (χ0v) is 20.0. The number of benzene rings is 2. The van der Waals surface area contributed by atoms with Crippen molar-refractivity contribution in [3.63, 3.8) is 0 Å². The van der Waals surface area contributed by atoms with E-state index in [0.29, 0.717) is 27.0 Å². The van der Waals surface area contributed by atoms with Crippen LogP contribution in [0, 0.1) is 6.92 Å². The quantitative estimate of drug-likeness (QED) is 0.376. The molecule has 32 heavy (non-hydrogen) atoms. The van der Waals surface area contributed by atoms with E-state index in [9.17, 15) is 9.59 Å². The van der Waals surface area contributed by atoms with E-state index in [1.54, 1.807) is 21.4 Å². The van der Waals surface area contributed by atoms with E-state index in [0.717, 1.165) is 21.4 Å². The van der Waals surface area contributed by atoms with Gasteiger partial charge < -0.3 is 5.32 Å². The van der Waals surface area contributed by atoms with Crippen LogP contribution in [-0.4, -0.2) is 31.0 Å². The van der Waals surface area contributed by atoms with E-state index in [1.165, 1.54) is 18.0 Å². The molecule has 0 bridgehead atoms. The Bertz CT molecular complexity index is 1430. The number of thioether (sulfide) groups is 1. The van der Waals surface area contributed by atoms with E-state index < -0.39 is 0 Å². The average molecular weight is 531 g/mol. The third-order valence-electron chi connectivity index (χ3n) is 5.31. The maximum Gasteiger partial charge on any atom is 0.265 e. The van der Waals surface area contributed by atoms with Gasteiger partial charge in [0.25, 0.3) is 5.56 Å². The fraction of sp³-hybridized carbons (Fsp3) is 0.182. The van der Waals surface area contributed by atoms with Crippen LogP contribution in [0.4, 0.5) is 5.69 Å². The van der Waals surface area contributed by atoms with Gasteiger partial charge in [-0.1, -0.05) is 45.4 Å². The molecule has 5 rings (SSSR count). The number of nitrogens with zero attached hydrogens (tertiary/aromatic N) is 4. The van der Waals surface area contributed by atoms with Gasteiger partial charge in [0.1, 0.15) is 5.39 Å². The molecule has 0 aliphatic carbocycles. The maximum absolute atomic E-state index is 13.3. The second kappa shape index (κ2) is 8.38. The minimum atomic E-state index is -0.273. The minimum Gasteiger partial charge on any atom is -0.326 e. The molecule has 10 heteroatoms. The number of nitrogens with one attached hydrogen (secondary N) is 1. The van der Waals surface area contributed by atoms with Gasteiger partial charge in [0.15, 0.2) is 10.8 Å². The Balaban J connectivity index is 1.44. The highest BCUT2D eigenvalue weighted by Gasteiger charge is 2.29. The van der Waals surface area contributed by atoms with E-state index in [-0.39, 0.29) is 23.9 Å². The topological polar surface area (TPSA) is 81.8 Å². The van der Waals surface area contributed by atoms with Crippen molar-refractivity contribution in [3.05, 3.63) is 74.1 Å². The van der Waals surface area contributed by atoms with Crippen molar-refractivity contribution in [3.8, 4) is 5.69 Å². The van der Waals surface area contributed by atoms with Crippen molar-refractivity contribution < 1.29 is 4.79 Å². The van der Waals surface area contributed by atoms with Gasteiger partial charge in [-0.25, -0.2) is 9.67 Å². The van der Waals surface area contributed by atoms with Gasteiger partial charge in [-0.3, -0.25) is 14.2 Å². The van der Waals surface area contributed by atoms with Gasteiger partial charge in [-0.15, -0.1) is 0 Å². The molecule has 0 radical (unpaired) electrons. The number of fused-ring (bicyclic) bond motifs is 2. The molecule has 0 spiro atoms. The zero-order chi connectivity index (χ0) is 22.4. The van der Waals surface area contributed by atoms with Crippen molar-refractivity contribution in [1.82, 2.24) is 19.3 Å². The van der Waals surface area contributed by atoms with Crippen molar-refractivity contribution >= 4 is 61.9 Å². The Morgan fingerprint density at radius 3 is 2.94 bits per heavy atom. The molecule has 1 unspecified atom stereocenters. The van der Waals surface area contributed by atoms with Gasteiger partial charge in [0.05, 0.1) is 17.9 Å². The van der Waals surface area contributed by atoms with Gasteiger partial charge in [-0.05, 0) is 48.9 Å². The fourth-order valence-electron chi connectivity index (χ4n) is 3.76. The first kappa shape index (κ1) is 21.2. The number of anilines is 1. The Morgan fingerprint density at radius 2 is 2.16 bits per heavy atom. The molecule has 1 aliphatic heterocycles. The lowest BCUT2D eigenvalue weighted by Crippen LogP contribution is -2.27. The molecule has 0 saturated heterocycles. The summed E-state index contributed by atoms with van der Waals surface area (Å²) >= 11 is 11.0. The van der Waals surface area contributed by atoms with Gasteiger partial charge >= 0.3 is 0 Å². The van der Waals surface area contributed by atoms with E-state index in [1.807, 2.05) is 37.3 Å². The summed E-state index contributed by atoms with van der Waals surface area (Å²) in [6.07, 6.45) is 1.70. The number of halogens is 2. The number of aryl methyl sites for hydroxylation is 1. The van der Waals surface area contributed by atoms with Crippen LogP contribution >= 0.6 is 39.3 Å². The number of amides is 1. The molecular weight excluding hydrogens is 514 g/mol. The Morgan fingerprint density at radius 1 is 1.31 bits per heavy atom. The van der Waals surface area contributed by atoms with Crippen LogP contribution < -0.4 is 10.9 Å². The summed E-state index contributed by atoms with van der Waals surface area (Å²) in [7, 11) is 0. The maximum atomic E-state index is 13.3. The Kier molecular flexibility index (Phi) is 5.56. The number of carbonyl (C=O) groups excluding carboxylic acids is 1. The van der Waals surface area contributed by atoms with Crippen LogP contribution in [0.15, 0.2) is 63.1 Å². The molecular formula is C22H17BrClN5O2S. The monoisotopic (exact) mass is 529 g/mol. The normalized spacial score (nSPS) is 15.2. The first-order chi connectivity index (χ1) is 15.4. The molecule has 1 N–H and O–H groups in total. The Hall–Kier alpha value is -2.62. The predicted octanol–water partition coefficient (Wildman–Crippen LogP) is 4.98. The average Bonchev–Trinajstić information content (AvgIpc) is 3.35. The second-order valence-corrected chi connectivity index (χ2v) is 9.86. The summed E-state index contributed by atoms with van der Waals surface area (Å²) < 4.78 is 4.18. The first-order valence-corrected chi connectivity index (χ1v) is 12.0. The summed E-state index contributed by atoms with van der Waals surface area (Å²) in [4.78, 5) is 30.7. The van der Waals surface area contributed by atoms with Crippen molar-refractivity contribution in [2.24, 2.45) is 0 Å². The molecule has 1 atom stereocenters. The predicted molar refractivity (Wildman–Crippen MR) is 130 cm³/mol. The smallest absolute Gasteiger partial charge is 0.265 e. The highest BCUT2D eigenvalue weighted by Crippen LogP contribution is 2.34. The van der Waals surface area contributed by atoms with Crippen LogP contribution in [0.2, 0.25) is 5.02 Å². The molecule has 7 nitrogen and oxygen atoms in total. The van der Waals surface area contributed by atoms with Crippen LogP contribution in [0.25, 0.3) is 16.7 Å². The molecule has 3 heterocycles. The van der Waals surface area contributed by atoms with Gasteiger partial charge in [0, 0.05) is 27.4 Å². The summed E-state index contributed by atoms with van der Waals surface area (Å²) in [5, 5.41) is 8.87. The number of hydrogen-bond acceptors (Lipinski definition) is 5. The van der Waals surface area contributed by atoms with Crippen LogP contribution in [0.1, 0.15) is 18.0 Å². The molecule has 1 amide bonds. The second-order valence-electron chi connectivity index (χ2n) is 7.52. The van der Waals surface area contributed by atoms with Crippen LogP contribution in [0.3, 0.4) is 0 Å².